The van der Waals surface area contributed by atoms with Crippen molar-refractivity contribution in [2.24, 2.45) is 40.4 Å². The molecule has 0 bridgehead atoms. The largest absolute Gasteiger partial charge is 0.385 e. The zero-order chi connectivity index (χ0) is 24.1. The van der Waals surface area contributed by atoms with Crippen LogP contribution in [-0.4, -0.2) is 26.4 Å². The Morgan fingerprint density at radius 3 is 2.33 bits per heavy atom. The molecule has 0 spiro atoms. The highest BCUT2D eigenvalue weighted by atomic mass is 32.2. The van der Waals surface area contributed by atoms with Gasteiger partial charge in [0.2, 0.25) is 0 Å². The third-order valence-electron chi connectivity index (χ3n) is 10.4. The first-order valence-electron chi connectivity index (χ1n) is 13.1. The van der Waals surface area contributed by atoms with Crippen molar-refractivity contribution in [1.29, 1.82) is 0 Å². The summed E-state index contributed by atoms with van der Waals surface area (Å²) in [6.45, 7) is 9.67. The molecule has 0 unspecified atom stereocenters. The van der Waals surface area contributed by atoms with Gasteiger partial charge in [-0.1, -0.05) is 70.9 Å². The third-order valence-corrected chi connectivity index (χ3v) is 11.0. The lowest BCUT2D eigenvalue weighted by Crippen LogP contribution is -2.54. The second-order valence-corrected chi connectivity index (χ2v) is 13.7. The highest BCUT2D eigenvalue weighted by molar-refractivity contribution is 7.85. The summed E-state index contributed by atoms with van der Waals surface area (Å²) in [5.41, 5.74) is 0.0394. The lowest BCUT2D eigenvalue weighted by Gasteiger charge is -2.58. The number of fused-ring (bicyclic) bond motifs is 1. The van der Waals surface area contributed by atoms with Crippen LogP contribution in [0, 0.1) is 40.4 Å². The fraction of sp³-hybridized carbons (Fsp3) is 0.786. The zero-order valence-electron chi connectivity index (χ0n) is 21.2. The summed E-state index contributed by atoms with van der Waals surface area (Å²) >= 11 is 0. The van der Waals surface area contributed by atoms with Gasteiger partial charge in [-0.2, -0.15) is 8.42 Å². The van der Waals surface area contributed by atoms with Crippen LogP contribution in [0.4, 0.5) is 0 Å². The molecule has 0 saturated heterocycles. The molecule has 4 rings (SSSR count). The van der Waals surface area contributed by atoms with E-state index in [4.69, 9.17) is 4.18 Å². The van der Waals surface area contributed by atoms with Crippen molar-refractivity contribution in [3.05, 3.63) is 35.9 Å². The van der Waals surface area contributed by atoms with Crippen molar-refractivity contribution in [3.8, 4) is 0 Å². The predicted molar refractivity (Wildman–Crippen MR) is 133 cm³/mol. The first-order chi connectivity index (χ1) is 15.4. The van der Waals surface area contributed by atoms with Crippen molar-refractivity contribution in [3.63, 3.8) is 0 Å². The van der Waals surface area contributed by atoms with Crippen LogP contribution in [0.15, 0.2) is 30.3 Å². The highest BCUT2D eigenvalue weighted by Crippen LogP contribution is 2.67. The molecule has 1 aromatic rings. The lowest BCUT2D eigenvalue weighted by atomic mass is 9.47. The summed E-state index contributed by atoms with van der Waals surface area (Å²) in [6.07, 6.45) is 9.71. The number of benzene rings is 1. The van der Waals surface area contributed by atoms with E-state index in [2.05, 4.69) is 39.8 Å². The van der Waals surface area contributed by atoms with E-state index in [1.54, 1.807) is 0 Å². The van der Waals surface area contributed by atoms with Crippen LogP contribution in [0.5, 0.6) is 0 Å². The van der Waals surface area contributed by atoms with Gasteiger partial charge in [0.25, 0.3) is 10.1 Å². The van der Waals surface area contributed by atoms with Crippen molar-refractivity contribution >= 4 is 10.1 Å². The quantitative estimate of drug-likeness (QED) is 0.501. The van der Waals surface area contributed by atoms with Gasteiger partial charge in [-0.25, -0.2) is 0 Å². The van der Waals surface area contributed by atoms with Gasteiger partial charge in [-0.15, -0.1) is 0 Å². The van der Waals surface area contributed by atoms with Gasteiger partial charge in [-0.3, -0.25) is 4.18 Å². The second kappa shape index (κ2) is 8.95. The average Bonchev–Trinajstić information content (AvgIpc) is 3.05. The highest BCUT2D eigenvalue weighted by Gasteiger charge is 2.64. The molecule has 0 radical (unpaired) electrons. The van der Waals surface area contributed by atoms with Crippen LogP contribution >= 0.6 is 0 Å². The Kier molecular flexibility index (Phi) is 6.83. The number of hydrogen-bond acceptors (Lipinski definition) is 4. The maximum Gasteiger partial charge on any atom is 0.264 e. The van der Waals surface area contributed by atoms with Gasteiger partial charge in [0.1, 0.15) is 0 Å². The van der Waals surface area contributed by atoms with Crippen molar-refractivity contribution in [2.45, 2.75) is 84.7 Å². The summed E-state index contributed by atoms with van der Waals surface area (Å²) < 4.78 is 29.6. The predicted octanol–water partition coefficient (Wildman–Crippen LogP) is 6.15. The molecule has 8 atom stereocenters. The van der Waals surface area contributed by atoms with Crippen LogP contribution in [0.1, 0.15) is 84.6 Å². The van der Waals surface area contributed by atoms with Gasteiger partial charge in [0, 0.05) is 5.41 Å². The van der Waals surface area contributed by atoms with E-state index in [9.17, 15) is 13.5 Å². The molecule has 3 saturated carbocycles. The van der Waals surface area contributed by atoms with Gasteiger partial charge in [0.15, 0.2) is 0 Å². The van der Waals surface area contributed by atoms with E-state index >= 15 is 0 Å². The fourth-order valence-electron chi connectivity index (χ4n) is 8.50. The van der Waals surface area contributed by atoms with E-state index in [1.165, 1.54) is 25.7 Å². The minimum Gasteiger partial charge on any atom is -0.385 e. The smallest absolute Gasteiger partial charge is 0.264 e. The summed E-state index contributed by atoms with van der Waals surface area (Å²) in [4.78, 5) is 0. The molecular formula is C28H44O4S. The van der Waals surface area contributed by atoms with E-state index in [1.807, 2.05) is 18.2 Å². The number of aliphatic hydroxyl groups is 1. The molecule has 1 N–H and O–H groups in total. The molecule has 0 aromatic heterocycles. The first-order valence-corrected chi connectivity index (χ1v) is 14.9. The van der Waals surface area contributed by atoms with Gasteiger partial charge in [-0.05, 0) is 79.1 Å². The summed E-state index contributed by atoms with van der Waals surface area (Å²) in [6, 6.07) is 10.1. The molecule has 4 nitrogen and oxygen atoms in total. The lowest BCUT2D eigenvalue weighted by molar-refractivity contribution is -0.145. The third kappa shape index (κ3) is 4.31. The summed E-state index contributed by atoms with van der Waals surface area (Å²) in [7, 11) is -3.52. The standard InChI is InChI=1S/C28H44O4S/c1-6-21-18-20(2)12-15-26(21,3)24-13-16-27(4)25(23(24)19-32-33(5,30)31)14-17-28(27,29)22-10-8-7-9-11-22/h7-11,20-21,23-25,29H,6,12-19H2,1-5H3/t20-,21-,23+,24-,25-,26-,27-,28+/m0/s1. The minimum absolute atomic E-state index is 0.142. The Bertz CT molecular complexity index is 930. The van der Waals surface area contributed by atoms with Crippen LogP contribution in [0.25, 0.3) is 0 Å². The first kappa shape index (κ1) is 25.2. The maximum atomic E-state index is 12.1. The van der Waals surface area contributed by atoms with E-state index < -0.39 is 15.7 Å². The molecule has 186 valence electrons. The Hall–Kier alpha value is -0.910. The molecule has 3 fully saturated rings. The van der Waals surface area contributed by atoms with Crippen LogP contribution in [-0.2, 0) is 19.9 Å². The molecule has 3 aliphatic carbocycles. The molecule has 0 heterocycles. The number of hydrogen-bond donors (Lipinski definition) is 1. The van der Waals surface area contributed by atoms with E-state index in [-0.39, 0.29) is 29.3 Å². The molecule has 33 heavy (non-hydrogen) atoms. The van der Waals surface area contributed by atoms with Gasteiger partial charge in [0.05, 0.1) is 18.5 Å². The van der Waals surface area contributed by atoms with Crippen molar-refractivity contribution in [1.82, 2.24) is 0 Å². The Balaban J connectivity index is 1.72. The van der Waals surface area contributed by atoms with Crippen molar-refractivity contribution in [2.75, 3.05) is 12.9 Å². The van der Waals surface area contributed by atoms with Crippen LogP contribution in [0.2, 0.25) is 0 Å². The molecule has 3 aliphatic rings. The number of rotatable bonds is 6. The monoisotopic (exact) mass is 476 g/mol. The molecule has 0 amide bonds. The van der Waals surface area contributed by atoms with E-state index in [0.29, 0.717) is 11.8 Å². The molecule has 1 aromatic carbocycles. The van der Waals surface area contributed by atoms with Crippen LogP contribution in [0.3, 0.4) is 0 Å². The zero-order valence-corrected chi connectivity index (χ0v) is 22.0. The fourth-order valence-corrected chi connectivity index (χ4v) is 8.90. The molecular weight excluding hydrogens is 432 g/mol. The maximum absolute atomic E-state index is 12.1. The second-order valence-electron chi connectivity index (χ2n) is 12.1. The van der Waals surface area contributed by atoms with E-state index in [0.717, 1.165) is 43.4 Å². The Labute approximate surface area is 201 Å². The van der Waals surface area contributed by atoms with Crippen molar-refractivity contribution < 1.29 is 17.7 Å². The Morgan fingerprint density at radius 2 is 1.70 bits per heavy atom. The van der Waals surface area contributed by atoms with Gasteiger partial charge < -0.3 is 5.11 Å². The average molecular weight is 477 g/mol. The minimum atomic E-state index is -3.52. The van der Waals surface area contributed by atoms with Crippen LogP contribution < -0.4 is 0 Å². The summed E-state index contributed by atoms with van der Waals surface area (Å²) in [5, 5.41) is 12.1. The Morgan fingerprint density at radius 1 is 1.03 bits per heavy atom. The summed E-state index contributed by atoms with van der Waals surface area (Å²) in [5.74, 6) is 2.23. The normalized spacial score (nSPS) is 43.9. The topological polar surface area (TPSA) is 63.6 Å². The molecule has 5 heteroatoms. The molecule has 0 aliphatic heterocycles. The SMILES string of the molecule is CC[C@H]1C[C@@H](C)CC[C@]1(C)[C@H]1CC[C@@]2(C)[C@@H](CC[C@@]2(O)c2ccccc2)[C@@H]1COS(C)(=O)=O. The van der Waals surface area contributed by atoms with Gasteiger partial charge >= 0.3 is 0 Å².